The summed E-state index contributed by atoms with van der Waals surface area (Å²) < 4.78 is 33.5. The maximum atomic E-state index is 13.2. The summed E-state index contributed by atoms with van der Waals surface area (Å²) in [6.45, 7) is 2.15. The van der Waals surface area contributed by atoms with E-state index in [1.54, 1.807) is 48.7 Å². The molecule has 0 N–H and O–H groups in total. The number of piperidine rings is 1. The van der Waals surface area contributed by atoms with Crippen LogP contribution in [0.15, 0.2) is 63.6 Å². The van der Waals surface area contributed by atoms with Crippen molar-refractivity contribution in [1.29, 1.82) is 0 Å². The molecule has 5 nitrogen and oxygen atoms in total. The molecule has 0 saturated carbocycles. The normalized spacial score (nSPS) is 24.2. The Balaban J connectivity index is 1.77. The number of hydrogen-bond acceptors (Lipinski definition) is 4. The van der Waals surface area contributed by atoms with Gasteiger partial charge in [0.2, 0.25) is 10.0 Å². The minimum Gasteiger partial charge on any atom is -0.468 e. The van der Waals surface area contributed by atoms with Crippen molar-refractivity contribution < 1.29 is 17.6 Å². The fourth-order valence-electron chi connectivity index (χ4n) is 3.68. The second kappa shape index (κ2) is 5.97. The second-order valence-corrected chi connectivity index (χ2v) is 8.61. The van der Waals surface area contributed by atoms with Crippen LogP contribution in [0.5, 0.6) is 0 Å². The second-order valence-electron chi connectivity index (χ2n) is 6.72. The number of carbonyl (C=O) groups is 1. The summed E-state index contributed by atoms with van der Waals surface area (Å²) in [6.07, 6.45) is 4.19. The molecule has 0 unspecified atom stereocenters. The number of sulfonamides is 1. The third-order valence-corrected chi connectivity index (χ3v) is 6.88. The monoisotopic (exact) mass is 357 g/mol. The van der Waals surface area contributed by atoms with E-state index in [0.29, 0.717) is 18.6 Å². The Morgan fingerprint density at radius 1 is 1.16 bits per heavy atom. The predicted molar refractivity (Wildman–Crippen MR) is 92.3 cm³/mol. The van der Waals surface area contributed by atoms with Crippen molar-refractivity contribution in [1.82, 2.24) is 4.31 Å². The molecule has 0 radical (unpaired) electrons. The van der Waals surface area contributed by atoms with Crippen LogP contribution in [0, 0.1) is 12.8 Å². The van der Waals surface area contributed by atoms with Gasteiger partial charge in [-0.05, 0) is 55.2 Å². The standard InChI is InChI=1S/C19H19NO4S/c1-13-4-6-17(7-5-13)25(22,23)20-12-15-10-16(21)9-14(15)11-18(20)19-3-2-8-24-19/h2-8,10,14,18H,9,11-12H2,1H3/t14-,18-/m1/s1. The highest BCUT2D eigenvalue weighted by Gasteiger charge is 2.43. The Morgan fingerprint density at radius 2 is 1.92 bits per heavy atom. The molecule has 2 aromatic rings. The summed E-state index contributed by atoms with van der Waals surface area (Å²) in [5, 5.41) is 0. The van der Waals surface area contributed by atoms with Crippen molar-refractivity contribution in [2.24, 2.45) is 5.92 Å². The van der Waals surface area contributed by atoms with Crippen LogP contribution in [0.3, 0.4) is 0 Å². The van der Waals surface area contributed by atoms with E-state index < -0.39 is 16.1 Å². The Kier molecular flexibility index (Phi) is 3.89. The van der Waals surface area contributed by atoms with Crippen LogP contribution in [0.25, 0.3) is 0 Å². The molecular formula is C19H19NO4S. The van der Waals surface area contributed by atoms with E-state index in [1.165, 1.54) is 4.31 Å². The molecule has 0 spiro atoms. The number of benzene rings is 1. The van der Waals surface area contributed by atoms with Gasteiger partial charge in [-0.2, -0.15) is 4.31 Å². The number of carbonyl (C=O) groups excluding carboxylic acids is 1. The van der Waals surface area contributed by atoms with Gasteiger partial charge in [0.15, 0.2) is 5.78 Å². The van der Waals surface area contributed by atoms with E-state index in [0.717, 1.165) is 11.1 Å². The van der Waals surface area contributed by atoms with Gasteiger partial charge in [-0.25, -0.2) is 8.42 Å². The maximum absolute atomic E-state index is 13.2. The van der Waals surface area contributed by atoms with Crippen LogP contribution in [0.4, 0.5) is 0 Å². The number of allylic oxidation sites excluding steroid dienone is 1. The maximum Gasteiger partial charge on any atom is 0.244 e. The van der Waals surface area contributed by atoms with E-state index in [9.17, 15) is 13.2 Å². The zero-order valence-corrected chi connectivity index (χ0v) is 14.7. The summed E-state index contributed by atoms with van der Waals surface area (Å²) >= 11 is 0. The third-order valence-electron chi connectivity index (χ3n) is 5.01. The Morgan fingerprint density at radius 3 is 2.60 bits per heavy atom. The van der Waals surface area contributed by atoms with Crippen LogP contribution in [-0.2, 0) is 14.8 Å². The number of ketones is 1. The number of aryl methyl sites for hydroxylation is 1. The molecular weight excluding hydrogens is 338 g/mol. The Bertz CT molecular complexity index is 926. The summed E-state index contributed by atoms with van der Waals surface area (Å²) in [4.78, 5) is 12.1. The van der Waals surface area contributed by atoms with Crippen LogP contribution < -0.4 is 0 Å². The Labute approximate surface area is 147 Å². The van der Waals surface area contributed by atoms with Gasteiger partial charge in [-0.3, -0.25) is 4.79 Å². The van der Waals surface area contributed by atoms with E-state index in [-0.39, 0.29) is 23.1 Å². The van der Waals surface area contributed by atoms with Gasteiger partial charge >= 0.3 is 0 Å². The number of fused-ring (bicyclic) bond motifs is 1. The summed E-state index contributed by atoms with van der Waals surface area (Å²) in [6, 6.07) is 10.0. The smallest absolute Gasteiger partial charge is 0.244 e. The average Bonchev–Trinajstić information content (AvgIpc) is 3.21. The number of furan rings is 1. The van der Waals surface area contributed by atoms with Crippen molar-refractivity contribution in [2.45, 2.75) is 30.7 Å². The lowest BCUT2D eigenvalue weighted by atomic mass is 9.88. The number of hydrogen-bond donors (Lipinski definition) is 0. The lowest BCUT2D eigenvalue weighted by molar-refractivity contribution is -0.114. The molecule has 1 saturated heterocycles. The predicted octanol–water partition coefficient (Wildman–Crippen LogP) is 3.24. The molecule has 1 aliphatic heterocycles. The summed E-state index contributed by atoms with van der Waals surface area (Å²) in [5.74, 6) is 0.800. The minimum absolute atomic E-state index is 0.0766. The fourth-order valence-corrected chi connectivity index (χ4v) is 5.28. The first kappa shape index (κ1) is 16.3. The molecule has 130 valence electrons. The number of rotatable bonds is 3. The van der Waals surface area contributed by atoms with E-state index >= 15 is 0 Å². The molecule has 0 amide bonds. The highest BCUT2D eigenvalue weighted by atomic mass is 32.2. The van der Waals surface area contributed by atoms with Crippen molar-refractivity contribution in [3.05, 3.63) is 65.6 Å². The van der Waals surface area contributed by atoms with Crippen molar-refractivity contribution in [2.75, 3.05) is 6.54 Å². The molecule has 2 aliphatic rings. The van der Waals surface area contributed by atoms with Crippen LogP contribution in [0.1, 0.15) is 30.2 Å². The molecule has 1 aliphatic carbocycles. The molecule has 25 heavy (non-hydrogen) atoms. The van der Waals surface area contributed by atoms with Gasteiger partial charge < -0.3 is 4.42 Å². The molecule has 1 fully saturated rings. The molecule has 0 bridgehead atoms. The first-order valence-electron chi connectivity index (χ1n) is 8.30. The van der Waals surface area contributed by atoms with Gasteiger partial charge in [-0.1, -0.05) is 17.7 Å². The van der Waals surface area contributed by atoms with Gasteiger partial charge in [0.25, 0.3) is 0 Å². The van der Waals surface area contributed by atoms with Gasteiger partial charge in [0.1, 0.15) is 5.76 Å². The summed E-state index contributed by atoms with van der Waals surface area (Å²) in [5.41, 5.74) is 1.91. The zero-order chi connectivity index (χ0) is 17.6. The van der Waals surface area contributed by atoms with E-state index in [2.05, 4.69) is 0 Å². The topological polar surface area (TPSA) is 67.6 Å². The quantitative estimate of drug-likeness (QED) is 0.846. The fraction of sp³-hybridized carbons (Fsp3) is 0.316. The van der Waals surface area contributed by atoms with Crippen molar-refractivity contribution in [3.63, 3.8) is 0 Å². The van der Waals surface area contributed by atoms with Crippen LogP contribution >= 0.6 is 0 Å². The highest BCUT2D eigenvalue weighted by molar-refractivity contribution is 7.89. The molecule has 6 heteroatoms. The molecule has 4 rings (SSSR count). The average molecular weight is 357 g/mol. The molecule has 1 aromatic heterocycles. The SMILES string of the molecule is Cc1ccc(S(=O)(=O)N2CC3=CC(=O)C[C@@H]3C[C@@H]2c2ccco2)cc1. The molecule has 1 aromatic carbocycles. The van der Waals surface area contributed by atoms with Gasteiger partial charge in [0, 0.05) is 13.0 Å². The minimum atomic E-state index is -3.69. The lowest BCUT2D eigenvalue weighted by Gasteiger charge is -2.37. The third kappa shape index (κ3) is 2.85. The first-order valence-corrected chi connectivity index (χ1v) is 9.74. The number of nitrogens with zero attached hydrogens (tertiary/aromatic N) is 1. The van der Waals surface area contributed by atoms with E-state index in [1.807, 2.05) is 6.92 Å². The van der Waals surface area contributed by atoms with Crippen molar-refractivity contribution in [3.8, 4) is 0 Å². The zero-order valence-electron chi connectivity index (χ0n) is 13.9. The van der Waals surface area contributed by atoms with E-state index in [4.69, 9.17) is 4.42 Å². The van der Waals surface area contributed by atoms with Crippen LogP contribution in [0.2, 0.25) is 0 Å². The van der Waals surface area contributed by atoms with Crippen LogP contribution in [-0.4, -0.2) is 25.1 Å². The lowest BCUT2D eigenvalue weighted by Crippen LogP contribution is -2.41. The molecule has 2 heterocycles. The van der Waals surface area contributed by atoms with Gasteiger partial charge in [0.05, 0.1) is 17.2 Å². The largest absolute Gasteiger partial charge is 0.468 e. The summed E-state index contributed by atoms with van der Waals surface area (Å²) in [7, 11) is -3.69. The highest BCUT2D eigenvalue weighted by Crippen LogP contribution is 2.43. The Hall–Kier alpha value is -2.18. The van der Waals surface area contributed by atoms with Crippen molar-refractivity contribution >= 4 is 15.8 Å². The first-order chi connectivity index (χ1) is 11.9. The molecule has 2 atom stereocenters. The van der Waals surface area contributed by atoms with Gasteiger partial charge in [-0.15, -0.1) is 0 Å².